The molecule has 0 bridgehead atoms. The Balaban J connectivity index is 2.54. The molecular formula is C20H25NO6S. The molecule has 0 N–H and O–H groups in total. The van der Waals surface area contributed by atoms with Crippen LogP contribution in [-0.4, -0.2) is 46.6 Å². The molecule has 8 heteroatoms. The van der Waals surface area contributed by atoms with Crippen molar-refractivity contribution in [3.63, 3.8) is 0 Å². The van der Waals surface area contributed by atoms with Gasteiger partial charge in [0.25, 0.3) is 0 Å². The molecule has 0 unspecified atom stereocenters. The lowest BCUT2D eigenvalue weighted by Crippen LogP contribution is -2.36. The highest BCUT2D eigenvalue weighted by Gasteiger charge is 2.30. The summed E-state index contributed by atoms with van der Waals surface area (Å²) in [6.07, 6.45) is 0. The van der Waals surface area contributed by atoms with E-state index in [0.717, 1.165) is 15.4 Å². The summed E-state index contributed by atoms with van der Waals surface area (Å²) in [4.78, 5) is 12.0. The summed E-state index contributed by atoms with van der Waals surface area (Å²) in [6.45, 7) is 3.19. The van der Waals surface area contributed by atoms with Gasteiger partial charge >= 0.3 is 5.97 Å². The summed E-state index contributed by atoms with van der Waals surface area (Å²) in [5.41, 5.74) is 2.21. The van der Waals surface area contributed by atoms with E-state index >= 15 is 0 Å². The van der Waals surface area contributed by atoms with Crippen LogP contribution in [0.3, 0.4) is 0 Å². The summed E-state index contributed by atoms with van der Waals surface area (Å²) in [5, 5.41) is 0. The average molecular weight is 407 g/mol. The Labute approximate surface area is 165 Å². The third-order valence-electron chi connectivity index (χ3n) is 4.44. The van der Waals surface area contributed by atoms with Gasteiger partial charge in [-0.3, -0.25) is 4.79 Å². The second-order valence-corrected chi connectivity index (χ2v) is 8.15. The number of rotatable bonds is 8. The number of hydrogen-bond acceptors (Lipinski definition) is 6. The largest absolute Gasteiger partial charge is 0.493 e. The van der Waals surface area contributed by atoms with Crippen molar-refractivity contribution in [2.75, 3.05) is 27.9 Å². The van der Waals surface area contributed by atoms with E-state index in [9.17, 15) is 13.2 Å². The van der Waals surface area contributed by atoms with E-state index in [0.29, 0.717) is 17.1 Å². The summed E-state index contributed by atoms with van der Waals surface area (Å²) >= 11 is 0. The normalized spacial score (nSPS) is 11.4. The van der Waals surface area contributed by atoms with Crippen LogP contribution >= 0.6 is 0 Å². The molecule has 7 nitrogen and oxygen atoms in total. The lowest BCUT2D eigenvalue weighted by atomic mass is 10.1. The number of sulfonamides is 1. The molecule has 2 rings (SSSR count). The minimum Gasteiger partial charge on any atom is -0.493 e. The molecule has 0 spiro atoms. The predicted octanol–water partition coefficient (Wildman–Crippen LogP) is 2.68. The molecule has 2 aromatic rings. The molecule has 0 aromatic heterocycles. The van der Waals surface area contributed by atoms with Crippen molar-refractivity contribution in [3.05, 3.63) is 53.1 Å². The smallest absolute Gasteiger partial charge is 0.321 e. The van der Waals surface area contributed by atoms with Crippen LogP contribution in [-0.2, 0) is 26.1 Å². The van der Waals surface area contributed by atoms with Gasteiger partial charge in [-0.05, 0) is 36.6 Å². The Bertz CT molecular complexity index is 955. The monoisotopic (exact) mass is 407 g/mol. The van der Waals surface area contributed by atoms with Crippen molar-refractivity contribution in [2.45, 2.75) is 25.3 Å². The SMILES string of the molecule is COC(=O)CN(Cc1ccccc1C)S(=O)(=O)c1cc(OC)c(OC)cc1C. The van der Waals surface area contributed by atoms with Crippen molar-refractivity contribution in [1.82, 2.24) is 4.31 Å². The maximum Gasteiger partial charge on any atom is 0.321 e. The number of ether oxygens (including phenoxy) is 3. The zero-order valence-corrected chi connectivity index (χ0v) is 17.5. The van der Waals surface area contributed by atoms with E-state index in [1.54, 1.807) is 13.0 Å². The average Bonchev–Trinajstić information content (AvgIpc) is 2.68. The highest BCUT2D eigenvalue weighted by Crippen LogP contribution is 2.34. The van der Waals surface area contributed by atoms with Crippen LogP contribution < -0.4 is 9.47 Å². The van der Waals surface area contributed by atoms with E-state index in [1.807, 2.05) is 31.2 Å². The second kappa shape index (κ2) is 9.07. The van der Waals surface area contributed by atoms with Gasteiger partial charge in [0.1, 0.15) is 6.54 Å². The van der Waals surface area contributed by atoms with Crippen LogP contribution in [0.5, 0.6) is 11.5 Å². The maximum absolute atomic E-state index is 13.4. The summed E-state index contributed by atoms with van der Waals surface area (Å²) in [7, 11) is 0.125. The first-order valence-corrected chi connectivity index (χ1v) is 10.0. The molecule has 0 saturated carbocycles. The Kier molecular flexibility index (Phi) is 7.04. The molecule has 28 heavy (non-hydrogen) atoms. The fourth-order valence-electron chi connectivity index (χ4n) is 2.79. The molecule has 0 atom stereocenters. The summed E-state index contributed by atoms with van der Waals surface area (Å²) in [5.74, 6) is 0.0771. The van der Waals surface area contributed by atoms with Crippen LogP contribution in [0.2, 0.25) is 0 Å². The minimum atomic E-state index is -4.01. The first-order chi connectivity index (χ1) is 13.2. The van der Waals surface area contributed by atoms with E-state index in [-0.39, 0.29) is 11.4 Å². The molecule has 0 aliphatic carbocycles. The lowest BCUT2D eigenvalue weighted by molar-refractivity contribution is -0.140. The van der Waals surface area contributed by atoms with Crippen LogP contribution in [0.15, 0.2) is 41.3 Å². The van der Waals surface area contributed by atoms with Crippen LogP contribution in [0.4, 0.5) is 0 Å². The molecule has 0 aliphatic rings. The third kappa shape index (κ3) is 4.63. The van der Waals surface area contributed by atoms with Crippen LogP contribution in [0.1, 0.15) is 16.7 Å². The Morgan fingerprint density at radius 1 is 0.964 bits per heavy atom. The van der Waals surface area contributed by atoms with E-state index in [2.05, 4.69) is 0 Å². The van der Waals surface area contributed by atoms with E-state index in [4.69, 9.17) is 14.2 Å². The molecule has 0 amide bonds. The zero-order valence-electron chi connectivity index (χ0n) is 16.7. The van der Waals surface area contributed by atoms with Gasteiger partial charge in [-0.2, -0.15) is 4.31 Å². The quantitative estimate of drug-likeness (QED) is 0.626. The Morgan fingerprint density at radius 3 is 2.14 bits per heavy atom. The molecule has 152 valence electrons. The fraction of sp³-hybridized carbons (Fsp3) is 0.350. The number of carbonyl (C=O) groups is 1. The number of hydrogen-bond donors (Lipinski definition) is 0. The molecule has 0 aliphatic heterocycles. The first-order valence-electron chi connectivity index (χ1n) is 8.58. The van der Waals surface area contributed by atoms with E-state index < -0.39 is 22.5 Å². The summed E-state index contributed by atoms with van der Waals surface area (Å²) in [6, 6.07) is 10.4. The van der Waals surface area contributed by atoms with Crippen LogP contribution in [0, 0.1) is 13.8 Å². The van der Waals surface area contributed by atoms with Gasteiger partial charge in [-0.1, -0.05) is 24.3 Å². The van der Waals surface area contributed by atoms with Crippen molar-refractivity contribution in [2.24, 2.45) is 0 Å². The van der Waals surface area contributed by atoms with Crippen molar-refractivity contribution >= 4 is 16.0 Å². The van der Waals surface area contributed by atoms with Crippen LogP contribution in [0.25, 0.3) is 0 Å². The first kappa shape index (κ1) is 21.7. The van der Waals surface area contributed by atoms with Gasteiger partial charge in [-0.15, -0.1) is 0 Å². The summed E-state index contributed by atoms with van der Waals surface area (Å²) < 4.78 is 43.1. The molecule has 0 heterocycles. The van der Waals surface area contributed by atoms with Gasteiger partial charge in [0, 0.05) is 12.6 Å². The lowest BCUT2D eigenvalue weighted by Gasteiger charge is -2.23. The highest BCUT2D eigenvalue weighted by atomic mass is 32.2. The Hall–Kier alpha value is -2.58. The molecule has 2 aromatic carbocycles. The highest BCUT2D eigenvalue weighted by molar-refractivity contribution is 7.89. The minimum absolute atomic E-state index is 0.0396. The topological polar surface area (TPSA) is 82.1 Å². The van der Waals surface area contributed by atoms with Gasteiger partial charge in [0.15, 0.2) is 11.5 Å². The Morgan fingerprint density at radius 2 is 1.57 bits per heavy atom. The second-order valence-electron chi connectivity index (χ2n) is 6.25. The number of benzene rings is 2. The van der Waals surface area contributed by atoms with Gasteiger partial charge in [-0.25, -0.2) is 8.42 Å². The molecule has 0 radical (unpaired) electrons. The third-order valence-corrected chi connectivity index (χ3v) is 6.37. The van der Waals surface area contributed by atoms with E-state index in [1.165, 1.54) is 27.4 Å². The molecule has 0 fully saturated rings. The zero-order chi connectivity index (χ0) is 20.9. The number of aryl methyl sites for hydroxylation is 2. The standard InChI is InChI=1S/C20H25NO6S/c1-14-8-6-7-9-16(14)12-21(13-20(22)27-5)28(23,24)19-11-18(26-4)17(25-3)10-15(19)2/h6-11H,12-13H2,1-5H3. The van der Waals surface area contributed by atoms with Gasteiger partial charge in [0.05, 0.1) is 26.2 Å². The maximum atomic E-state index is 13.4. The van der Waals surface area contributed by atoms with Gasteiger partial charge < -0.3 is 14.2 Å². The number of carbonyl (C=O) groups excluding carboxylic acids is 1. The van der Waals surface area contributed by atoms with Crippen molar-refractivity contribution in [3.8, 4) is 11.5 Å². The fourth-order valence-corrected chi connectivity index (χ4v) is 4.38. The molecular weight excluding hydrogens is 382 g/mol. The molecule has 0 saturated heterocycles. The van der Waals surface area contributed by atoms with Crippen molar-refractivity contribution in [1.29, 1.82) is 0 Å². The number of esters is 1. The van der Waals surface area contributed by atoms with Gasteiger partial charge in [0.2, 0.25) is 10.0 Å². The van der Waals surface area contributed by atoms with Crippen molar-refractivity contribution < 1.29 is 27.4 Å². The number of methoxy groups -OCH3 is 3. The predicted molar refractivity (Wildman–Crippen MR) is 105 cm³/mol. The number of nitrogens with zero attached hydrogens (tertiary/aromatic N) is 1.